The van der Waals surface area contributed by atoms with Crippen LogP contribution in [0.15, 0.2) is 60.7 Å². The molecule has 2 N–H and O–H groups in total. The van der Waals surface area contributed by atoms with E-state index in [1.165, 1.54) is 11.8 Å². The van der Waals surface area contributed by atoms with Gasteiger partial charge in [-0.3, -0.25) is 4.79 Å². The second-order valence-corrected chi connectivity index (χ2v) is 10.5. The Morgan fingerprint density at radius 2 is 1.39 bits per heavy atom. The smallest absolute Gasteiger partial charge is 0.408 e. The van der Waals surface area contributed by atoms with Gasteiger partial charge in [-0.15, -0.1) is 0 Å². The minimum atomic E-state index is -0.746. The largest absolute Gasteiger partial charge is 0.444 e. The van der Waals surface area contributed by atoms with Crippen molar-refractivity contribution in [3.63, 3.8) is 0 Å². The molecule has 0 aliphatic carbocycles. The number of benzene rings is 2. The highest BCUT2D eigenvalue weighted by Gasteiger charge is 2.37. The molecule has 0 aliphatic rings. The van der Waals surface area contributed by atoms with Crippen LogP contribution >= 0.6 is 11.8 Å². The topological polar surface area (TPSA) is 67.4 Å². The van der Waals surface area contributed by atoms with E-state index >= 15 is 0 Å². The summed E-state index contributed by atoms with van der Waals surface area (Å²) in [6.07, 6.45) is 1.32. The lowest BCUT2D eigenvalue weighted by Gasteiger charge is -2.33. The number of carbonyl (C=O) groups is 2. The van der Waals surface area contributed by atoms with Crippen LogP contribution < -0.4 is 10.6 Å². The predicted molar refractivity (Wildman–Crippen MR) is 128 cm³/mol. The predicted octanol–water partition coefficient (Wildman–Crippen LogP) is 4.97. The van der Waals surface area contributed by atoms with Crippen LogP contribution in [0.25, 0.3) is 0 Å². The molecule has 2 aromatic carbocycles. The first-order valence-corrected chi connectivity index (χ1v) is 11.7. The molecule has 0 aromatic heterocycles. The first-order chi connectivity index (χ1) is 14.5. The molecule has 0 fully saturated rings. The summed E-state index contributed by atoms with van der Waals surface area (Å²) in [6, 6.07) is 19.4. The SMILES string of the molecule is CSC(C)(C)[C@H](NC(=O)OC(C)(C)C)C(=O)NCC(c1ccccc1)c1ccccc1. The van der Waals surface area contributed by atoms with Gasteiger partial charge in [0.1, 0.15) is 11.6 Å². The molecule has 2 rings (SSSR count). The molecular formula is C25H34N2O3S. The summed E-state index contributed by atoms with van der Waals surface area (Å²) in [7, 11) is 0. The number of rotatable bonds is 8. The third-order valence-corrected chi connectivity index (χ3v) is 6.32. The number of carbonyl (C=O) groups excluding carboxylic acids is 2. The molecule has 0 unspecified atom stereocenters. The summed E-state index contributed by atoms with van der Waals surface area (Å²) in [6.45, 7) is 9.68. The standard InChI is InChI=1S/C25H34N2O3S/c1-24(2,3)30-23(29)27-21(25(4,5)31-6)22(28)26-17-20(18-13-9-7-10-14-18)19-15-11-8-12-16-19/h7-16,20-21H,17H2,1-6H3,(H,26,28)(H,27,29)/t21-/m1/s1. The average Bonchev–Trinajstić information content (AvgIpc) is 2.72. The zero-order chi connectivity index (χ0) is 23.1. The van der Waals surface area contributed by atoms with E-state index in [4.69, 9.17) is 4.74 Å². The molecule has 0 saturated carbocycles. The van der Waals surface area contributed by atoms with E-state index in [-0.39, 0.29) is 11.8 Å². The van der Waals surface area contributed by atoms with Crippen molar-refractivity contribution in [2.75, 3.05) is 12.8 Å². The van der Waals surface area contributed by atoms with Crippen molar-refractivity contribution in [3.05, 3.63) is 71.8 Å². The van der Waals surface area contributed by atoms with Crippen LogP contribution in [0.1, 0.15) is 51.7 Å². The van der Waals surface area contributed by atoms with E-state index in [9.17, 15) is 9.59 Å². The Bertz CT molecular complexity index is 809. The van der Waals surface area contributed by atoms with Crippen LogP contribution in [0, 0.1) is 0 Å². The van der Waals surface area contributed by atoms with E-state index < -0.39 is 22.5 Å². The molecule has 0 aliphatic heterocycles. The molecule has 5 nitrogen and oxygen atoms in total. The number of alkyl carbamates (subject to hydrolysis) is 1. The van der Waals surface area contributed by atoms with Crippen molar-refractivity contribution >= 4 is 23.8 Å². The number of hydrogen-bond acceptors (Lipinski definition) is 4. The summed E-state index contributed by atoms with van der Waals surface area (Å²) in [5, 5.41) is 5.84. The zero-order valence-electron chi connectivity index (χ0n) is 19.3. The fraction of sp³-hybridized carbons (Fsp3) is 0.440. The highest BCUT2D eigenvalue weighted by molar-refractivity contribution is 8.00. The monoisotopic (exact) mass is 442 g/mol. The third-order valence-electron chi connectivity index (χ3n) is 5.03. The van der Waals surface area contributed by atoms with Gasteiger partial charge in [-0.1, -0.05) is 60.7 Å². The highest BCUT2D eigenvalue weighted by Crippen LogP contribution is 2.27. The summed E-state index contributed by atoms with van der Waals surface area (Å²) < 4.78 is 4.87. The minimum Gasteiger partial charge on any atom is -0.444 e. The maximum absolute atomic E-state index is 13.2. The van der Waals surface area contributed by atoms with Gasteiger partial charge in [0.25, 0.3) is 0 Å². The molecule has 0 radical (unpaired) electrons. The summed E-state index contributed by atoms with van der Waals surface area (Å²) >= 11 is 1.52. The number of nitrogens with one attached hydrogen (secondary N) is 2. The molecule has 31 heavy (non-hydrogen) atoms. The maximum Gasteiger partial charge on any atom is 0.408 e. The fourth-order valence-electron chi connectivity index (χ4n) is 3.20. The normalized spacial score (nSPS) is 12.9. The summed E-state index contributed by atoms with van der Waals surface area (Å²) in [5.74, 6) is -0.229. The molecule has 0 heterocycles. The minimum absolute atomic E-state index is 0.00548. The second-order valence-electron chi connectivity index (χ2n) is 9.01. The van der Waals surface area contributed by atoms with Crippen LogP contribution in [0.2, 0.25) is 0 Å². The number of hydrogen-bond donors (Lipinski definition) is 2. The Balaban J connectivity index is 2.19. The van der Waals surface area contributed by atoms with Crippen LogP contribution in [0.3, 0.4) is 0 Å². The van der Waals surface area contributed by atoms with Crippen molar-refractivity contribution in [2.45, 2.75) is 56.9 Å². The van der Waals surface area contributed by atoms with Gasteiger partial charge in [-0.05, 0) is 52.0 Å². The molecule has 0 saturated heterocycles. The van der Waals surface area contributed by atoms with E-state index in [2.05, 4.69) is 34.9 Å². The van der Waals surface area contributed by atoms with E-state index in [1.54, 1.807) is 20.8 Å². The van der Waals surface area contributed by atoms with E-state index in [1.807, 2.05) is 56.5 Å². The third kappa shape index (κ3) is 7.62. The van der Waals surface area contributed by atoms with Gasteiger partial charge in [0, 0.05) is 17.2 Å². The Labute approximate surface area is 190 Å². The average molecular weight is 443 g/mol. The molecule has 168 valence electrons. The van der Waals surface area contributed by atoms with Crippen molar-refractivity contribution in [1.82, 2.24) is 10.6 Å². The number of thioether (sulfide) groups is 1. The summed E-state index contributed by atoms with van der Waals surface area (Å²) in [4.78, 5) is 25.6. The van der Waals surface area contributed by atoms with Gasteiger partial charge in [-0.2, -0.15) is 11.8 Å². The Morgan fingerprint density at radius 1 is 0.903 bits per heavy atom. The number of amides is 2. The lowest BCUT2D eigenvalue weighted by Crippen LogP contribution is -2.57. The molecule has 6 heteroatoms. The quantitative estimate of drug-likeness (QED) is 0.606. The molecule has 0 bridgehead atoms. The van der Waals surface area contributed by atoms with Crippen molar-refractivity contribution in [1.29, 1.82) is 0 Å². The van der Waals surface area contributed by atoms with Crippen LogP contribution in [-0.2, 0) is 9.53 Å². The van der Waals surface area contributed by atoms with E-state index in [0.717, 1.165) is 11.1 Å². The summed E-state index contributed by atoms with van der Waals surface area (Å²) in [5.41, 5.74) is 1.60. The molecule has 1 atom stereocenters. The molecule has 2 amide bonds. The Morgan fingerprint density at radius 3 is 1.81 bits per heavy atom. The first-order valence-electron chi connectivity index (χ1n) is 10.5. The van der Waals surface area contributed by atoms with E-state index in [0.29, 0.717) is 6.54 Å². The lowest BCUT2D eigenvalue weighted by atomic mass is 9.91. The van der Waals surface area contributed by atoms with Crippen molar-refractivity contribution in [2.24, 2.45) is 0 Å². The van der Waals surface area contributed by atoms with Gasteiger partial charge in [-0.25, -0.2) is 4.79 Å². The highest BCUT2D eigenvalue weighted by atomic mass is 32.2. The fourth-order valence-corrected chi connectivity index (χ4v) is 3.60. The van der Waals surface area contributed by atoms with Crippen molar-refractivity contribution < 1.29 is 14.3 Å². The maximum atomic E-state index is 13.2. The molecule has 2 aromatic rings. The zero-order valence-corrected chi connectivity index (χ0v) is 20.1. The van der Waals surface area contributed by atoms with Gasteiger partial charge in [0.2, 0.25) is 5.91 Å². The van der Waals surface area contributed by atoms with Gasteiger partial charge < -0.3 is 15.4 Å². The second kappa shape index (κ2) is 10.7. The lowest BCUT2D eigenvalue weighted by molar-refractivity contribution is -0.123. The Kier molecular flexibility index (Phi) is 8.57. The number of ether oxygens (including phenoxy) is 1. The van der Waals surface area contributed by atoms with Gasteiger partial charge in [0.05, 0.1) is 0 Å². The van der Waals surface area contributed by atoms with Gasteiger partial charge >= 0.3 is 6.09 Å². The van der Waals surface area contributed by atoms with Crippen molar-refractivity contribution in [3.8, 4) is 0 Å². The van der Waals surface area contributed by atoms with Crippen LogP contribution in [0.4, 0.5) is 4.79 Å². The van der Waals surface area contributed by atoms with Gasteiger partial charge in [0.15, 0.2) is 0 Å². The molecular weight excluding hydrogens is 408 g/mol. The molecule has 0 spiro atoms. The first kappa shape index (κ1) is 24.8. The Hall–Kier alpha value is -2.47. The van der Waals surface area contributed by atoms with Crippen LogP contribution in [-0.4, -0.2) is 41.2 Å². The van der Waals surface area contributed by atoms with Crippen LogP contribution in [0.5, 0.6) is 0 Å².